The fraction of sp³-hybridized carbons (Fsp3) is 0.562. The van der Waals surface area contributed by atoms with E-state index >= 15 is 0 Å². The van der Waals surface area contributed by atoms with Gasteiger partial charge in [-0.25, -0.2) is 0 Å². The van der Waals surface area contributed by atoms with Crippen LogP contribution in [0.1, 0.15) is 24.8 Å². The molecule has 4 heteroatoms. The molecule has 1 aromatic carbocycles. The predicted octanol–water partition coefficient (Wildman–Crippen LogP) is 1.63. The Morgan fingerprint density at radius 3 is 2.90 bits per heavy atom. The van der Waals surface area contributed by atoms with Crippen LogP contribution in [0.25, 0.3) is 0 Å². The average molecular weight is 276 g/mol. The molecule has 0 aliphatic carbocycles. The fourth-order valence-electron chi connectivity index (χ4n) is 2.79. The van der Waals surface area contributed by atoms with E-state index in [1.807, 2.05) is 13.0 Å². The lowest BCUT2D eigenvalue weighted by Crippen LogP contribution is -2.42. The minimum absolute atomic E-state index is 0.0695. The van der Waals surface area contributed by atoms with Crippen LogP contribution in [0.3, 0.4) is 0 Å². The van der Waals surface area contributed by atoms with Crippen LogP contribution in [0.4, 0.5) is 0 Å². The molecular weight excluding hydrogens is 252 g/mol. The van der Waals surface area contributed by atoms with Crippen LogP contribution in [0.15, 0.2) is 30.3 Å². The van der Waals surface area contributed by atoms with Gasteiger partial charge in [-0.05, 0) is 31.4 Å². The number of benzene rings is 1. The first-order valence-electron chi connectivity index (χ1n) is 7.24. The predicted molar refractivity (Wildman–Crippen MR) is 79.7 cm³/mol. The van der Waals surface area contributed by atoms with Crippen LogP contribution in [-0.2, 0) is 9.53 Å². The highest BCUT2D eigenvalue weighted by Crippen LogP contribution is 2.26. The summed E-state index contributed by atoms with van der Waals surface area (Å²) in [5.41, 5.74) is 1.38. The molecule has 20 heavy (non-hydrogen) atoms. The zero-order valence-electron chi connectivity index (χ0n) is 12.3. The maximum Gasteiger partial charge on any atom is 0.234 e. The summed E-state index contributed by atoms with van der Waals surface area (Å²) < 4.78 is 5.02. The number of amides is 1. The highest BCUT2D eigenvalue weighted by Gasteiger charge is 2.25. The topological polar surface area (TPSA) is 41.6 Å². The molecule has 4 nitrogen and oxygen atoms in total. The van der Waals surface area contributed by atoms with E-state index in [0.717, 1.165) is 19.5 Å². The molecule has 2 atom stereocenters. The van der Waals surface area contributed by atoms with Crippen molar-refractivity contribution < 1.29 is 9.53 Å². The van der Waals surface area contributed by atoms with Gasteiger partial charge in [0.15, 0.2) is 0 Å². The molecule has 0 unspecified atom stereocenters. The third kappa shape index (κ3) is 4.32. The average Bonchev–Trinajstić information content (AvgIpc) is 2.88. The molecule has 1 N–H and O–H groups in total. The third-order valence-corrected chi connectivity index (χ3v) is 3.73. The van der Waals surface area contributed by atoms with E-state index < -0.39 is 0 Å². The van der Waals surface area contributed by atoms with Crippen molar-refractivity contribution in [2.45, 2.75) is 25.3 Å². The highest BCUT2D eigenvalue weighted by molar-refractivity contribution is 5.78. The van der Waals surface area contributed by atoms with E-state index in [1.54, 1.807) is 7.11 Å². The monoisotopic (exact) mass is 276 g/mol. The molecule has 0 saturated carbocycles. The largest absolute Gasteiger partial charge is 0.383 e. The lowest BCUT2D eigenvalue weighted by molar-refractivity contribution is -0.122. The van der Waals surface area contributed by atoms with E-state index in [2.05, 4.69) is 34.5 Å². The van der Waals surface area contributed by atoms with Crippen LogP contribution < -0.4 is 5.32 Å². The summed E-state index contributed by atoms with van der Waals surface area (Å²) in [4.78, 5) is 14.1. The summed E-state index contributed by atoms with van der Waals surface area (Å²) in [5.74, 6) is 0.642. The molecule has 0 radical (unpaired) electrons. The van der Waals surface area contributed by atoms with Gasteiger partial charge in [0.25, 0.3) is 0 Å². The van der Waals surface area contributed by atoms with Gasteiger partial charge < -0.3 is 10.1 Å². The van der Waals surface area contributed by atoms with Gasteiger partial charge in [-0.15, -0.1) is 0 Å². The molecule has 1 heterocycles. The smallest absolute Gasteiger partial charge is 0.234 e. The molecule has 110 valence electrons. The van der Waals surface area contributed by atoms with Crippen molar-refractivity contribution in [3.63, 3.8) is 0 Å². The van der Waals surface area contributed by atoms with Gasteiger partial charge in [0.1, 0.15) is 0 Å². The zero-order chi connectivity index (χ0) is 14.4. The SMILES string of the molecule is COC[C@@H](C)NC(=O)CN1CC[C@@H](c2ccccc2)C1. The number of rotatable bonds is 6. The van der Waals surface area contributed by atoms with E-state index in [1.165, 1.54) is 5.56 Å². The van der Waals surface area contributed by atoms with Crippen LogP contribution in [0, 0.1) is 0 Å². The van der Waals surface area contributed by atoms with Gasteiger partial charge in [0.05, 0.1) is 13.2 Å². The molecule has 1 aliphatic rings. The second-order valence-electron chi connectivity index (χ2n) is 5.56. The molecule has 2 rings (SSSR count). The van der Waals surface area contributed by atoms with Gasteiger partial charge in [-0.3, -0.25) is 9.69 Å². The zero-order valence-corrected chi connectivity index (χ0v) is 12.3. The number of carbonyl (C=O) groups excluding carboxylic acids is 1. The van der Waals surface area contributed by atoms with Gasteiger partial charge in [-0.2, -0.15) is 0 Å². The first kappa shape index (κ1) is 15.0. The Labute approximate surface area is 121 Å². The number of methoxy groups -OCH3 is 1. The summed E-state index contributed by atoms with van der Waals surface area (Å²) in [6.45, 7) is 4.95. The third-order valence-electron chi connectivity index (χ3n) is 3.73. The van der Waals surface area contributed by atoms with Crippen molar-refractivity contribution in [3.8, 4) is 0 Å². The molecule has 0 aromatic heterocycles. The van der Waals surface area contributed by atoms with Crippen LogP contribution in [0.2, 0.25) is 0 Å². The van der Waals surface area contributed by atoms with Gasteiger partial charge in [-0.1, -0.05) is 30.3 Å². The second kappa shape index (κ2) is 7.41. The number of nitrogens with one attached hydrogen (secondary N) is 1. The minimum Gasteiger partial charge on any atom is -0.383 e. The Morgan fingerprint density at radius 2 is 2.20 bits per heavy atom. The van der Waals surface area contributed by atoms with E-state index in [4.69, 9.17) is 4.74 Å². The molecule has 0 bridgehead atoms. The van der Waals surface area contributed by atoms with Crippen molar-refractivity contribution in [3.05, 3.63) is 35.9 Å². The van der Waals surface area contributed by atoms with Crippen LogP contribution >= 0.6 is 0 Å². The Morgan fingerprint density at radius 1 is 1.45 bits per heavy atom. The lowest BCUT2D eigenvalue weighted by Gasteiger charge is -2.18. The van der Waals surface area contributed by atoms with Crippen molar-refractivity contribution in [1.82, 2.24) is 10.2 Å². The van der Waals surface area contributed by atoms with Crippen LogP contribution in [0.5, 0.6) is 0 Å². The lowest BCUT2D eigenvalue weighted by atomic mass is 9.99. The number of carbonyl (C=O) groups is 1. The molecule has 1 aliphatic heterocycles. The molecule has 1 saturated heterocycles. The first-order chi connectivity index (χ1) is 9.69. The maximum absolute atomic E-state index is 11.9. The summed E-state index contributed by atoms with van der Waals surface area (Å²) in [6, 6.07) is 10.6. The summed E-state index contributed by atoms with van der Waals surface area (Å²) in [7, 11) is 1.65. The van der Waals surface area contributed by atoms with Gasteiger partial charge >= 0.3 is 0 Å². The first-order valence-corrected chi connectivity index (χ1v) is 7.24. The molecular formula is C16H24N2O2. The fourth-order valence-corrected chi connectivity index (χ4v) is 2.79. The normalized spacial score (nSPS) is 20.8. The Hall–Kier alpha value is -1.39. The number of hydrogen-bond donors (Lipinski definition) is 1. The van der Waals surface area contributed by atoms with Crippen molar-refractivity contribution in [2.75, 3.05) is 33.4 Å². The Bertz CT molecular complexity index is 422. The number of nitrogens with zero attached hydrogens (tertiary/aromatic N) is 1. The second-order valence-corrected chi connectivity index (χ2v) is 5.56. The molecule has 1 aromatic rings. The quantitative estimate of drug-likeness (QED) is 0.858. The van der Waals surface area contributed by atoms with E-state index in [0.29, 0.717) is 19.1 Å². The Balaban J connectivity index is 1.77. The standard InChI is InChI=1S/C16H24N2O2/c1-13(12-20-2)17-16(19)11-18-9-8-15(10-18)14-6-4-3-5-7-14/h3-7,13,15H,8-12H2,1-2H3,(H,17,19)/t13-,15-/m1/s1. The van der Waals surface area contributed by atoms with Crippen molar-refractivity contribution in [1.29, 1.82) is 0 Å². The van der Waals surface area contributed by atoms with E-state index in [9.17, 15) is 4.79 Å². The number of ether oxygens (including phenoxy) is 1. The van der Waals surface area contributed by atoms with Gasteiger partial charge in [0, 0.05) is 19.7 Å². The Kier molecular flexibility index (Phi) is 5.56. The van der Waals surface area contributed by atoms with E-state index in [-0.39, 0.29) is 11.9 Å². The van der Waals surface area contributed by atoms with Crippen molar-refractivity contribution >= 4 is 5.91 Å². The summed E-state index contributed by atoms with van der Waals surface area (Å²) in [6.07, 6.45) is 1.13. The molecule has 0 spiro atoms. The number of hydrogen-bond acceptors (Lipinski definition) is 3. The molecule has 1 amide bonds. The number of likely N-dealkylation sites (tertiary alicyclic amines) is 1. The summed E-state index contributed by atoms with van der Waals surface area (Å²) >= 11 is 0. The maximum atomic E-state index is 11.9. The van der Waals surface area contributed by atoms with Gasteiger partial charge in [0.2, 0.25) is 5.91 Å². The highest BCUT2D eigenvalue weighted by atomic mass is 16.5. The van der Waals surface area contributed by atoms with Crippen LogP contribution in [-0.4, -0.2) is 50.2 Å². The minimum atomic E-state index is 0.0695. The van der Waals surface area contributed by atoms with Crippen molar-refractivity contribution in [2.24, 2.45) is 0 Å². The molecule has 1 fully saturated rings. The summed E-state index contributed by atoms with van der Waals surface area (Å²) in [5, 5.41) is 2.96.